The van der Waals surface area contributed by atoms with Crippen LogP contribution in [0.25, 0.3) is 0 Å². The predicted octanol–water partition coefficient (Wildman–Crippen LogP) is 2.42. The minimum Gasteiger partial charge on any atom is -0.342 e. The molecule has 2 aromatic rings. The van der Waals surface area contributed by atoms with E-state index in [1.165, 1.54) is 4.88 Å². The third-order valence-electron chi connectivity index (χ3n) is 3.67. The minimum atomic E-state index is 0.274. The van der Waals surface area contributed by atoms with Crippen molar-refractivity contribution < 1.29 is 4.79 Å². The van der Waals surface area contributed by atoms with Gasteiger partial charge < -0.3 is 4.90 Å². The highest BCUT2D eigenvalue weighted by Crippen LogP contribution is 2.26. The van der Waals surface area contributed by atoms with Gasteiger partial charge in [0.05, 0.1) is 0 Å². The maximum atomic E-state index is 12.2. The van der Waals surface area contributed by atoms with Gasteiger partial charge in [-0.3, -0.25) is 9.89 Å². The molecule has 0 unspecified atom stereocenters. The Bertz CT molecular complexity index is 521. The summed E-state index contributed by atoms with van der Waals surface area (Å²) >= 11 is 1.72. The number of hydrogen-bond donors (Lipinski definition) is 1. The van der Waals surface area contributed by atoms with Gasteiger partial charge in [-0.25, -0.2) is 0 Å². The molecule has 0 bridgehead atoms. The van der Waals surface area contributed by atoms with Crippen LogP contribution in [0.3, 0.4) is 0 Å². The fourth-order valence-electron chi connectivity index (χ4n) is 2.58. The fraction of sp³-hybridized carbons (Fsp3) is 0.429. The standard InChI is InChI=1S/C14H17N3OS/c18-14(4-3-12-2-1-9-19-12)17-8-6-11(10-17)13-5-7-15-16-13/h1-2,5,7,9,11H,3-4,6,8,10H2,(H,15,16)/t11-/m1/s1. The second-order valence-corrected chi connectivity index (χ2v) is 5.95. The molecule has 1 saturated heterocycles. The number of aromatic amines is 1. The van der Waals surface area contributed by atoms with Gasteiger partial charge in [0.25, 0.3) is 0 Å². The monoisotopic (exact) mass is 275 g/mol. The number of aromatic nitrogens is 2. The Morgan fingerprint density at radius 1 is 1.53 bits per heavy atom. The molecule has 1 amide bonds. The number of aryl methyl sites for hydroxylation is 1. The third kappa shape index (κ3) is 2.87. The highest BCUT2D eigenvalue weighted by atomic mass is 32.1. The molecule has 0 saturated carbocycles. The van der Waals surface area contributed by atoms with Gasteiger partial charge in [0.15, 0.2) is 0 Å². The summed E-state index contributed by atoms with van der Waals surface area (Å²) in [6, 6.07) is 6.13. The summed E-state index contributed by atoms with van der Waals surface area (Å²) in [6.07, 6.45) is 4.29. The zero-order chi connectivity index (χ0) is 13.1. The molecule has 1 aliphatic rings. The first-order valence-corrected chi connectivity index (χ1v) is 7.50. The highest BCUT2D eigenvalue weighted by molar-refractivity contribution is 7.09. The number of hydrogen-bond acceptors (Lipinski definition) is 3. The zero-order valence-electron chi connectivity index (χ0n) is 10.7. The second kappa shape index (κ2) is 5.57. The van der Waals surface area contributed by atoms with Crippen molar-refractivity contribution in [2.45, 2.75) is 25.2 Å². The van der Waals surface area contributed by atoms with Gasteiger partial charge in [0, 0.05) is 42.2 Å². The number of carbonyl (C=O) groups excluding carboxylic acids is 1. The van der Waals surface area contributed by atoms with Crippen LogP contribution in [-0.2, 0) is 11.2 Å². The second-order valence-electron chi connectivity index (χ2n) is 4.92. The van der Waals surface area contributed by atoms with Crippen molar-refractivity contribution in [2.75, 3.05) is 13.1 Å². The van der Waals surface area contributed by atoms with Gasteiger partial charge in [-0.1, -0.05) is 6.07 Å². The van der Waals surface area contributed by atoms with Crippen LogP contribution < -0.4 is 0 Å². The van der Waals surface area contributed by atoms with Gasteiger partial charge in [-0.05, 0) is 30.4 Å². The molecular weight excluding hydrogens is 258 g/mol. The van der Waals surface area contributed by atoms with Crippen molar-refractivity contribution in [1.29, 1.82) is 0 Å². The minimum absolute atomic E-state index is 0.274. The number of thiophene rings is 1. The van der Waals surface area contributed by atoms with E-state index in [1.807, 2.05) is 17.0 Å². The quantitative estimate of drug-likeness (QED) is 0.931. The van der Waals surface area contributed by atoms with Crippen LogP contribution >= 0.6 is 11.3 Å². The van der Waals surface area contributed by atoms with E-state index in [9.17, 15) is 4.79 Å². The Morgan fingerprint density at radius 2 is 2.47 bits per heavy atom. The highest BCUT2D eigenvalue weighted by Gasteiger charge is 2.27. The number of rotatable bonds is 4. The first-order chi connectivity index (χ1) is 9.33. The van der Waals surface area contributed by atoms with E-state index >= 15 is 0 Å². The normalized spacial score (nSPS) is 18.9. The number of nitrogens with zero attached hydrogens (tertiary/aromatic N) is 2. The van der Waals surface area contributed by atoms with Gasteiger partial charge in [-0.15, -0.1) is 11.3 Å². The van der Waals surface area contributed by atoms with Crippen LogP contribution in [0.15, 0.2) is 29.8 Å². The summed E-state index contributed by atoms with van der Waals surface area (Å²) < 4.78 is 0. The van der Waals surface area contributed by atoms with Crippen LogP contribution in [0.1, 0.15) is 29.3 Å². The van der Waals surface area contributed by atoms with Gasteiger partial charge >= 0.3 is 0 Å². The Kier molecular flexibility index (Phi) is 3.64. The number of H-pyrrole nitrogens is 1. The third-order valence-corrected chi connectivity index (χ3v) is 4.60. The lowest BCUT2D eigenvalue weighted by Gasteiger charge is -2.15. The molecule has 0 spiro atoms. The van der Waals surface area contributed by atoms with Crippen molar-refractivity contribution in [2.24, 2.45) is 0 Å². The van der Waals surface area contributed by atoms with Crippen LogP contribution in [0.5, 0.6) is 0 Å². The van der Waals surface area contributed by atoms with Gasteiger partial charge in [0.1, 0.15) is 0 Å². The van der Waals surface area contributed by atoms with E-state index in [-0.39, 0.29) is 5.91 Å². The molecule has 2 aromatic heterocycles. The molecular formula is C14H17N3OS. The van der Waals surface area contributed by atoms with E-state index in [0.29, 0.717) is 12.3 Å². The van der Waals surface area contributed by atoms with Gasteiger partial charge in [-0.2, -0.15) is 5.10 Å². The van der Waals surface area contributed by atoms with Crippen molar-refractivity contribution in [3.05, 3.63) is 40.3 Å². The summed E-state index contributed by atoms with van der Waals surface area (Å²) in [5, 5.41) is 9.05. The topological polar surface area (TPSA) is 49.0 Å². The van der Waals surface area contributed by atoms with Crippen LogP contribution in [0, 0.1) is 0 Å². The molecule has 100 valence electrons. The molecule has 1 fully saturated rings. The SMILES string of the molecule is O=C(CCc1cccs1)N1CC[C@@H](c2ccn[nH]2)C1. The Labute approximate surface area is 116 Å². The lowest BCUT2D eigenvalue weighted by molar-refractivity contribution is -0.130. The summed E-state index contributed by atoms with van der Waals surface area (Å²) in [7, 11) is 0. The number of nitrogens with one attached hydrogen (secondary N) is 1. The van der Waals surface area contributed by atoms with E-state index in [1.54, 1.807) is 17.5 Å². The van der Waals surface area contributed by atoms with Gasteiger partial charge in [0.2, 0.25) is 5.91 Å². The fourth-order valence-corrected chi connectivity index (χ4v) is 3.29. The zero-order valence-corrected chi connectivity index (χ0v) is 11.5. The van der Waals surface area contributed by atoms with Crippen molar-refractivity contribution >= 4 is 17.2 Å². The average Bonchev–Trinajstić information content (AvgIpc) is 3.14. The first-order valence-electron chi connectivity index (χ1n) is 6.62. The Morgan fingerprint density at radius 3 is 3.21 bits per heavy atom. The number of amides is 1. The molecule has 3 rings (SSSR count). The van der Waals surface area contributed by atoms with Crippen LogP contribution in [-0.4, -0.2) is 34.1 Å². The number of likely N-dealkylation sites (tertiary alicyclic amines) is 1. The maximum Gasteiger partial charge on any atom is 0.222 e. The summed E-state index contributed by atoms with van der Waals surface area (Å²) in [6.45, 7) is 1.69. The van der Waals surface area contributed by atoms with Crippen LogP contribution in [0.2, 0.25) is 0 Å². The van der Waals surface area contributed by atoms with Crippen molar-refractivity contribution in [3.63, 3.8) is 0 Å². The van der Waals surface area contributed by atoms with Crippen LogP contribution in [0.4, 0.5) is 0 Å². The molecule has 3 heterocycles. The summed E-state index contributed by atoms with van der Waals surface area (Å²) in [5.74, 6) is 0.698. The number of carbonyl (C=O) groups is 1. The van der Waals surface area contributed by atoms with Crippen molar-refractivity contribution in [1.82, 2.24) is 15.1 Å². The average molecular weight is 275 g/mol. The van der Waals surface area contributed by atoms with E-state index in [2.05, 4.69) is 21.6 Å². The lowest BCUT2D eigenvalue weighted by atomic mass is 10.1. The molecule has 0 aromatic carbocycles. The van der Waals surface area contributed by atoms with E-state index in [0.717, 1.165) is 31.6 Å². The molecule has 1 atom stereocenters. The maximum absolute atomic E-state index is 12.2. The molecule has 1 N–H and O–H groups in total. The first kappa shape index (κ1) is 12.4. The smallest absolute Gasteiger partial charge is 0.222 e. The van der Waals surface area contributed by atoms with E-state index in [4.69, 9.17) is 0 Å². The molecule has 19 heavy (non-hydrogen) atoms. The molecule has 0 radical (unpaired) electrons. The van der Waals surface area contributed by atoms with E-state index < -0.39 is 0 Å². The predicted molar refractivity (Wildman–Crippen MR) is 75.2 cm³/mol. The largest absolute Gasteiger partial charge is 0.342 e. The Hall–Kier alpha value is -1.62. The van der Waals surface area contributed by atoms with Crippen molar-refractivity contribution in [3.8, 4) is 0 Å². The molecule has 5 heteroatoms. The molecule has 1 aliphatic heterocycles. The Balaban J connectivity index is 1.51. The summed E-state index contributed by atoms with van der Waals surface area (Å²) in [5.41, 5.74) is 1.15. The summed E-state index contributed by atoms with van der Waals surface area (Å²) in [4.78, 5) is 15.4. The molecule has 0 aliphatic carbocycles. The lowest BCUT2D eigenvalue weighted by Crippen LogP contribution is -2.28. The molecule has 4 nitrogen and oxygen atoms in total.